The predicted octanol–water partition coefficient (Wildman–Crippen LogP) is 4.75. The molecule has 5 nitrogen and oxygen atoms in total. The number of ether oxygens (including phenoxy) is 1. The zero-order chi connectivity index (χ0) is 21.3. The Balaban J connectivity index is 2.09. The summed E-state index contributed by atoms with van der Waals surface area (Å²) in [4.78, 5) is 32.2. The van der Waals surface area contributed by atoms with Gasteiger partial charge in [-0.1, -0.05) is 76.4 Å². The molecule has 2 aliphatic rings. The summed E-state index contributed by atoms with van der Waals surface area (Å²) in [6.45, 7) is 14.0. The van der Waals surface area contributed by atoms with Crippen molar-refractivity contribution in [3.63, 3.8) is 0 Å². The number of nitrogens with zero attached hydrogens (tertiary/aromatic N) is 2. The monoisotopic (exact) mass is 412 g/mol. The highest BCUT2D eigenvalue weighted by Crippen LogP contribution is 2.44. The Morgan fingerprint density at radius 1 is 1.31 bits per heavy atom. The van der Waals surface area contributed by atoms with Crippen molar-refractivity contribution < 1.29 is 14.3 Å². The van der Waals surface area contributed by atoms with Gasteiger partial charge in [0.25, 0.3) is 0 Å². The summed E-state index contributed by atoms with van der Waals surface area (Å²) in [7, 11) is 0. The minimum absolute atomic E-state index is 0.0114. The van der Waals surface area contributed by atoms with Gasteiger partial charge in [0, 0.05) is 0 Å². The van der Waals surface area contributed by atoms with Gasteiger partial charge in [0.05, 0.1) is 22.6 Å². The van der Waals surface area contributed by atoms with Crippen LogP contribution >= 0.6 is 11.8 Å². The second kappa shape index (κ2) is 8.19. The van der Waals surface area contributed by atoms with Crippen LogP contribution < -0.4 is 0 Å². The molecule has 0 aromatic heterocycles. The van der Waals surface area contributed by atoms with Gasteiger partial charge in [-0.2, -0.15) is 0 Å². The van der Waals surface area contributed by atoms with Crippen molar-refractivity contribution in [1.29, 1.82) is 0 Å². The molecule has 0 spiro atoms. The first kappa shape index (κ1) is 21.4. The van der Waals surface area contributed by atoms with Crippen LogP contribution in [0.1, 0.15) is 58.2 Å². The first-order valence-electron chi connectivity index (χ1n) is 9.86. The van der Waals surface area contributed by atoms with Crippen LogP contribution in [-0.4, -0.2) is 33.8 Å². The van der Waals surface area contributed by atoms with Crippen LogP contribution in [0.4, 0.5) is 0 Å². The summed E-state index contributed by atoms with van der Waals surface area (Å²) in [5, 5.41) is 0.478. The second-order valence-corrected chi connectivity index (χ2v) is 9.45. The lowest BCUT2D eigenvalue weighted by Gasteiger charge is -2.33. The molecule has 2 heterocycles. The van der Waals surface area contributed by atoms with Gasteiger partial charge in [0.1, 0.15) is 6.61 Å². The number of amidine groups is 1. The lowest BCUT2D eigenvalue weighted by Crippen LogP contribution is -2.40. The maximum Gasteiger partial charge on any atom is 0.338 e. The van der Waals surface area contributed by atoms with Gasteiger partial charge in [-0.25, -0.2) is 9.79 Å². The Kier molecular flexibility index (Phi) is 6.03. The third kappa shape index (κ3) is 4.04. The molecule has 6 heteroatoms. The second-order valence-electron chi connectivity index (χ2n) is 8.28. The molecule has 0 aliphatic carbocycles. The van der Waals surface area contributed by atoms with Crippen LogP contribution in [-0.2, 0) is 19.7 Å². The molecule has 2 unspecified atom stereocenters. The van der Waals surface area contributed by atoms with Crippen LogP contribution in [0.15, 0.2) is 53.2 Å². The zero-order valence-corrected chi connectivity index (χ0v) is 18.5. The largest absolute Gasteiger partial charge is 0.458 e. The van der Waals surface area contributed by atoms with E-state index in [1.54, 1.807) is 11.8 Å². The number of rotatable bonds is 5. The SMILES string of the molecule is C=CCOC(=O)C1=C(C)N=C2SC(CC)C(=O)N2C1c1ccc(C(C)(C)C)cc1. The van der Waals surface area contributed by atoms with E-state index in [2.05, 4.69) is 44.5 Å². The van der Waals surface area contributed by atoms with Crippen LogP contribution in [0.5, 0.6) is 0 Å². The number of esters is 1. The summed E-state index contributed by atoms with van der Waals surface area (Å²) in [5.41, 5.74) is 3.08. The number of fused-ring (bicyclic) bond motifs is 1. The standard InChI is InChI=1S/C23H28N2O3S/c1-7-13-28-21(27)18-14(3)24-22-25(20(26)17(8-2)29-22)19(18)15-9-11-16(12-10-15)23(4,5)6/h7,9-12,17,19H,1,8,13H2,2-6H3. The van der Waals surface area contributed by atoms with Gasteiger partial charge in [-0.15, -0.1) is 0 Å². The Labute approximate surface area is 176 Å². The number of hydrogen-bond donors (Lipinski definition) is 0. The first-order valence-corrected chi connectivity index (χ1v) is 10.7. The maximum absolute atomic E-state index is 13.1. The molecule has 0 bridgehead atoms. The number of allylic oxidation sites excluding steroid dienone is 1. The van der Waals surface area contributed by atoms with E-state index in [9.17, 15) is 9.59 Å². The molecular formula is C23H28N2O3S. The van der Waals surface area contributed by atoms with Crippen LogP contribution in [0, 0.1) is 0 Å². The lowest BCUT2D eigenvalue weighted by atomic mass is 9.85. The van der Waals surface area contributed by atoms with Crippen molar-refractivity contribution in [2.45, 2.75) is 57.7 Å². The molecule has 0 saturated carbocycles. The first-order chi connectivity index (χ1) is 13.7. The lowest BCUT2D eigenvalue weighted by molar-refractivity contribution is -0.139. The number of amides is 1. The van der Waals surface area contributed by atoms with Crippen LogP contribution in [0.3, 0.4) is 0 Å². The fourth-order valence-corrected chi connectivity index (χ4v) is 4.68. The third-order valence-corrected chi connectivity index (χ3v) is 6.49. The van der Waals surface area contributed by atoms with E-state index in [0.717, 1.165) is 5.56 Å². The summed E-state index contributed by atoms with van der Waals surface area (Å²) in [6.07, 6.45) is 2.24. The molecule has 3 rings (SSSR count). The van der Waals surface area contributed by atoms with Crippen molar-refractivity contribution in [1.82, 2.24) is 4.90 Å². The highest BCUT2D eigenvalue weighted by molar-refractivity contribution is 8.15. The normalized spacial score (nSPS) is 21.8. The van der Waals surface area contributed by atoms with Gasteiger partial charge >= 0.3 is 5.97 Å². The minimum atomic E-state index is -0.537. The minimum Gasteiger partial charge on any atom is -0.458 e. The number of carbonyl (C=O) groups is 2. The van der Waals surface area contributed by atoms with Crippen molar-refractivity contribution in [3.05, 3.63) is 59.3 Å². The molecule has 29 heavy (non-hydrogen) atoms. The van der Waals surface area contributed by atoms with Gasteiger partial charge in [-0.05, 0) is 29.9 Å². The van der Waals surface area contributed by atoms with Gasteiger partial charge < -0.3 is 4.74 Å². The van der Waals surface area contributed by atoms with E-state index in [4.69, 9.17) is 4.74 Å². The number of carbonyl (C=O) groups excluding carboxylic acids is 2. The summed E-state index contributed by atoms with van der Waals surface area (Å²) < 4.78 is 5.34. The van der Waals surface area contributed by atoms with Crippen LogP contribution in [0.2, 0.25) is 0 Å². The van der Waals surface area contributed by atoms with E-state index >= 15 is 0 Å². The van der Waals surface area contributed by atoms with E-state index in [1.807, 2.05) is 19.1 Å². The molecule has 1 aromatic rings. The van der Waals surface area contributed by atoms with Crippen molar-refractivity contribution >= 4 is 28.8 Å². The van der Waals surface area contributed by atoms with Crippen molar-refractivity contribution in [3.8, 4) is 0 Å². The maximum atomic E-state index is 13.1. The van der Waals surface area contributed by atoms with E-state index in [0.29, 0.717) is 22.9 Å². The average Bonchev–Trinajstić information content (AvgIpc) is 2.99. The number of benzene rings is 1. The molecule has 0 N–H and O–H groups in total. The van der Waals surface area contributed by atoms with Crippen LogP contribution in [0.25, 0.3) is 0 Å². The Bertz CT molecular complexity index is 894. The Morgan fingerprint density at radius 2 is 1.97 bits per heavy atom. The zero-order valence-electron chi connectivity index (χ0n) is 17.7. The average molecular weight is 413 g/mol. The highest BCUT2D eigenvalue weighted by Gasteiger charge is 2.47. The molecular weight excluding hydrogens is 384 g/mol. The van der Waals surface area contributed by atoms with Crippen molar-refractivity contribution in [2.75, 3.05) is 6.61 Å². The van der Waals surface area contributed by atoms with Crippen molar-refractivity contribution in [2.24, 2.45) is 4.99 Å². The summed E-state index contributed by atoms with van der Waals surface area (Å²) >= 11 is 1.47. The van der Waals surface area contributed by atoms with Gasteiger partial charge in [0.15, 0.2) is 5.17 Å². The molecule has 0 radical (unpaired) electrons. The molecule has 1 aromatic carbocycles. The number of hydrogen-bond acceptors (Lipinski definition) is 5. The molecule has 1 saturated heterocycles. The smallest absolute Gasteiger partial charge is 0.338 e. The highest BCUT2D eigenvalue weighted by atomic mass is 32.2. The summed E-state index contributed by atoms with van der Waals surface area (Å²) in [6, 6.07) is 7.59. The van der Waals surface area contributed by atoms with Gasteiger partial charge in [0.2, 0.25) is 5.91 Å². The predicted molar refractivity (Wildman–Crippen MR) is 118 cm³/mol. The third-order valence-electron chi connectivity index (χ3n) is 5.17. The number of thioether (sulfide) groups is 1. The molecule has 2 atom stereocenters. The topological polar surface area (TPSA) is 59.0 Å². The van der Waals surface area contributed by atoms with E-state index in [1.165, 1.54) is 23.4 Å². The fourth-order valence-electron chi connectivity index (χ4n) is 3.54. The molecule has 2 aliphatic heterocycles. The Hall–Kier alpha value is -2.34. The summed E-state index contributed by atoms with van der Waals surface area (Å²) in [5.74, 6) is -0.476. The molecule has 1 fully saturated rings. The number of aliphatic imine (C=N–C) groups is 1. The van der Waals surface area contributed by atoms with E-state index in [-0.39, 0.29) is 23.2 Å². The van der Waals surface area contributed by atoms with E-state index < -0.39 is 12.0 Å². The quantitative estimate of drug-likeness (QED) is 0.517. The fraction of sp³-hybridized carbons (Fsp3) is 0.435. The Morgan fingerprint density at radius 3 is 2.52 bits per heavy atom. The van der Waals surface area contributed by atoms with Gasteiger partial charge in [-0.3, -0.25) is 9.69 Å². The molecule has 1 amide bonds. The molecule has 154 valence electrons.